The molecule has 3 aromatic rings. The molecule has 3 amide bonds. The second kappa shape index (κ2) is 10.2. The van der Waals surface area contributed by atoms with Crippen molar-refractivity contribution in [2.45, 2.75) is 25.9 Å². The summed E-state index contributed by atoms with van der Waals surface area (Å²) in [6, 6.07) is 18.7. The second-order valence-electron chi connectivity index (χ2n) is 8.60. The van der Waals surface area contributed by atoms with E-state index in [1.165, 1.54) is 4.90 Å². The number of nitrogens with one attached hydrogen (secondary N) is 1. The molecule has 0 aliphatic carbocycles. The van der Waals surface area contributed by atoms with Gasteiger partial charge in [0.25, 0.3) is 17.7 Å². The molecule has 2 aliphatic rings. The van der Waals surface area contributed by atoms with E-state index in [9.17, 15) is 14.4 Å². The molecule has 3 aromatic carbocycles. The first kappa shape index (κ1) is 23.6. The highest BCUT2D eigenvalue weighted by Gasteiger charge is 2.37. The Kier molecular flexibility index (Phi) is 6.69. The molecule has 0 radical (unpaired) electrons. The minimum Gasteiger partial charge on any atom is -0.494 e. The fraction of sp³-hybridized carbons (Fsp3) is 0.250. The number of imide groups is 1. The number of ether oxygens (including phenoxy) is 3. The van der Waals surface area contributed by atoms with Crippen LogP contribution in [-0.4, -0.2) is 48.5 Å². The fourth-order valence-electron chi connectivity index (χ4n) is 4.33. The van der Waals surface area contributed by atoms with Crippen LogP contribution in [0.25, 0.3) is 0 Å². The molecule has 1 fully saturated rings. The number of benzene rings is 3. The van der Waals surface area contributed by atoms with E-state index in [-0.39, 0.29) is 30.4 Å². The van der Waals surface area contributed by atoms with Gasteiger partial charge < -0.3 is 19.5 Å². The van der Waals surface area contributed by atoms with E-state index in [1.807, 2.05) is 6.92 Å². The quantitative estimate of drug-likeness (QED) is 0.455. The zero-order chi connectivity index (χ0) is 25.1. The molecule has 8 heteroatoms. The Balaban J connectivity index is 1.23. The second-order valence-corrected chi connectivity index (χ2v) is 8.60. The molecule has 1 unspecified atom stereocenters. The molecule has 1 N–H and O–H groups in total. The number of amides is 3. The number of hydrogen-bond donors (Lipinski definition) is 1. The Morgan fingerprint density at radius 2 is 1.75 bits per heavy atom. The van der Waals surface area contributed by atoms with Crippen molar-refractivity contribution in [3.63, 3.8) is 0 Å². The Hall–Kier alpha value is -4.17. The standard InChI is InChI=1S/C28H26N2O6/c1-2-34-21-6-3-5-18(15-21)26(31)29-19-8-10-20(11-9-19)36-22-12-13-24-25(16-22)28(33)30(27(24)32)17-23-7-4-14-35-23/h3,5-6,8-13,15-16,23H,2,4,7,14,17H2,1H3,(H,29,31). The zero-order valence-electron chi connectivity index (χ0n) is 19.9. The smallest absolute Gasteiger partial charge is 0.261 e. The van der Waals surface area contributed by atoms with Crippen molar-refractivity contribution in [2.75, 3.05) is 25.1 Å². The predicted octanol–water partition coefficient (Wildman–Crippen LogP) is 4.90. The highest BCUT2D eigenvalue weighted by Crippen LogP contribution is 2.31. The molecule has 0 aromatic heterocycles. The number of carbonyl (C=O) groups is 3. The van der Waals surface area contributed by atoms with Gasteiger partial charge in [0.05, 0.1) is 30.4 Å². The maximum absolute atomic E-state index is 12.9. The van der Waals surface area contributed by atoms with Gasteiger partial charge in [0.15, 0.2) is 0 Å². The van der Waals surface area contributed by atoms with E-state index in [4.69, 9.17) is 14.2 Å². The summed E-state index contributed by atoms with van der Waals surface area (Å²) < 4.78 is 16.9. The van der Waals surface area contributed by atoms with Gasteiger partial charge in [0, 0.05) is 17.9 Å². The van der Waals surface area contributed by atoms with Crippen molar-refractivity contribution in [3.05, 3.63) is 83.4 Å². The molecule has 184 valence electrons. The molecule has 1 atom stereocenters. The number of carbonyl (C=O) groups excluding carboxylic acids is 3. The fourth-order valence-corrected chi connectivity index (χ4v) is 4.33. The van der Waals surface area contributed by atoms with Crippen molar-refractivity contribution in [1.82, 2.24) is 4.90 Å². The minimum absolute atomic E-state index is 0.101. The topological polar surface area (TPSA) is 94.2 Å². The van der Waals surface area contributed by atoms with Crippen LogP contribution >= 0.6 is 0 Å². The maximum Gasteiger partial charge on any atom is 0.261 e. The summed E-state index contributed by atoms with van der Waals surface area (Å²) >= 11 is 0. The molecule has 0 spiro atoms. The number of hydrogen-bond acceptors (Lipinski definition) is 6. The summed E-state index contributed by atoms with van der Waals surface area (Å²) in [6.45, 7) is 3.34. The summed E-state index contributed by atoms with van der Waals surface area (Å²) in [5, 5.41) is 2.85. The van der Waals surface area contributed by atoms with Gasteiger partial charge in [-0.1, -0.05) is 6.07 Å². The van der Waals surface area contributed by atoms with E-state index in [0.717, 1.165) is 12.8 Å². The normalized spacial score (nSPS) is 16.7. The van der Waals surface area contributed by atoms with Crippen LogP contribution in [0, 0.1) is 0 Å². The van der Waals surface area contributed by atoms with E-state index >= 15 is 0 Å². The Morgan fingerprint density at radius 3 is 2.50 bits per heavy atom. The van der Waals surface area contributed by atoms with Crippen LogP contribution in [0.1, 0.15) is 50.8 Å². The van der Waals surface area contributed by atoms with Gasteiger partial charge in [-0.25, -0.2) is 0 Å². The maximum atomic E-state index is 12.9. The van der Waals surface area contributed by atoms with Crippen LogP contribution in [-0.2, 0) is 4.74 Å². The molecule has 8 nitrogen and oxygen atoms in total. The molecule has 0 saturated carbocycles. The minimum atomic E-state index is -0.331. The van der Waals surface area contributed by atoms with Gasteiger partial charge in [-0.05, 0) is 80.4 Å². The summed E-state index contributed by atoms with van der Waals surface area (Å²) in [4.78, 5) is 39.4. The molecule has 2 aliphatic heterocycles. The largest absolute Gasteiger partial charge is 0.494 e. The highest BCUT2D eigenvalue weighted by atomic mass is 16.5. The van der Waals surface area contributed by atoms with Gasteiger partial charge >= 0.3 is 0 Å². The monoisotopic (exact) mass is 486 g/mol. The highest BCUT2D eigenvalue weighted by molar-refractivity contribution is 6.21. The van der Waals surface area contributed by atoms with Crippen molar-refractivity contribution < 1.29 is 28.6 Å². The number of nitrogens with zero attached hydrogens (tertiary/aromatic N) is 1. The predicted molar refractivity (Wildman–Crippen MR) is 133 cm³/mol. The first-order valence-corrected chi connectivity index (χ1v) is 12.0. The summed E-state index contributed by atoms with van der Waals surface area (Å²) in [5.41, 5.74) is 1.80. The zero-order valence-corrected chi connectivity index (χ0v) is 19.9. The average Bonchev–Trinajstić information content (AvgIpc) is 3.48. The third-order valence-electron chi connectivity index (χ3n) is 6.11. The van der Waals surface area contributed by atoms with Crippen LogP contribution in [0.5, 0.6) is 17.2 Å². The van der Waals surface area contributed by atoms with Gasteiger partial charge in [-0.2, -0.15) is 0 Å². The molecular weight excluding hydrogens is 460 g/mol. The third kappa shape index (κ3) is 4.94. The number of fused-ring (bicyclic) bond motifs is 1. The van der Waals surface area contributed by atoms with Gasteiger partial charge in [0.2, 0.25) is 0 Å². The van der Waals surface area contributed by atoms with Gasteiger partial charge in [-0.3, -0.25) is 19.3 Å². The summed E-state index contributed by atoms with van der Waals surface area (Å²) in [6.07, 6.45) is 1.68. The molecule has 0 bridgehead atoms. The summed E-state index contributed by atoms with van der Waals surface area (Å²) in [7, 11) is 0. The Bertz CT molecular complexity index is 1300. The van der Waals surface area contributed by atoms with E-state index < -0.39 is 0 Å². The average molecular weight is 487 g/mol. The molecule has 36 heavy (non-hydrogen) atoms. The first-order valence-electron chi connectivity index (χ1n) is 12.0. The van der Waals surface area contributed by atoms with Crippen LogP contribution in [0.3, 0.4) is 0 Å². The van der Waals surface area contributed by atoms with E-state index in [1.54, 1.807) is 66.7 Å². The lowest BCUT2D eigenvalue weighted by Crippen LogP contribution is -2.36. The number of rotatable bonds is 8. The van der Waals surface area contributed by atoms with Crippen molar-refractivity contribution in [3.8, 4) is 17.2 Å². The Morgan fingerprint density at radius 1 is 0.972 bits per heavy atom. The third-order valence-corrected chi connectivity index (χ3v) is 6.11. The van der Waals surface area contributed by atoms with Gasteiger partial charge in [-0.15, -0.1) is 0 Å². The lowest BCUT2D eigenvalue weighted by atomic mass is 10.1. The lowest BCUT2D eigenvalue weighted by Gasteiger charge is -2.17. The van der Waals surface area contributed by atoms with Crippen LogP contribution in [0.2, 0.25) is 0 Å². The SMILES string of the molecule is CCOc1cccc(C(=O)Nc2ccc(Oc3ccc4c(c3)C(=O)N(CC3CCCO3)C4=O)cc2)c1. The van der Waals surface area contributed by atoms with Crippen molar-refractivity contribution in [2.24, 2.45) is 0 Å². The number of anilines is 1. The summed E-state index contributed by atoms with van der Waals surface area (Å²) in [5.74, 6) is 0.724. The molecule has 5 rings (SSSR count). The molecular formula is C28H26N2O6. The van der Waals surface area contributed by atoms with Crippen molar-refractivity contribution in [1.29, 1.82) is 0 Å². The molecule has 1 saturated heterocycles. The first-order chi connectivity index (χ1) is 17.5. The van der Waals surface area contributed by atoms with Crippen molar-refractivity contribution >= 4 is 23.4 Å². The molecule has 2 heterocycles. The lowest BCUT2D eigenvalue weighted by molar-refractivity contribution is 0.0475. The van der Waals surface area contributed by atoms with E-state index in [0.29, 0.717) is 52.8 Å². The van der Waals surface area contributed by atoms with Crippen LogP contribution < -0.4 is 14.8 Å². The van der Waals surface area contributed by atoms with Crippen LogP contribution in [0.4, 0.5) is 5.69 Å². The van der Waals surface area contributed by atoms with Gasteiger partial charge in [0.1, 0.15) is 17.2 Å². The Labute approximate surface area is 208 Å². The van der Waals surface area contributed by atoms with Crippen LogP contribution in [0.15, 0.2) is 66.7 Å². The van der Waals surface area contributed by atoms with E-state index in [2.05, 4.69) is 5.32 Å².